The second-order valence-electron chi connectivity index (χ2n) is 8.70. The summed E-state index contributed by atoms with van der Waals surface area (Å²) in [5.41, 5.74) is 2.92. The van der Waals surface area contributed by atoms with Gasteiger partial charge in [-0.05, 0) is 62.1 Å². The number of nitrogens with one attached hydrogen (secondary N) is 2. The van der Waals surface area contributed by atoms with Crippen molar-refractivity contribution in [3.05, 3.63) is 88.9 Å². The van der Waals surface area contributed by atoms with Crippen molar-refractivity contribution in [2.45, 2.75) is 37.6 Å². The summed E-state index contributed by atoms with van der Waals surface area (Å²) in [6.45, 7) is 3.57. The molecule has 4 aromatic rings. The molecule has 0 aliphatic carbocycles. The minimum atomic E-state index is -4.12. The molecule has 37 heavy (non-hydrogen) atoms. The number of carbonyl (C=O) groups is 2. The second-order valence-corrected chi connectivity index (χ2v) is 11.6. The number of fused-ring (bicyclic) bond motifs is 1. The highest BCUT2D eigenvalue weighted by molar-refractivity contribution is 7.90. The first-order valence-corrected chi connectivity index (χ1v) is 14.0. The van der Waals surface area contributed by atoms with Crippen LogP contribution in [0.15, 0.2) is 77.7 Å². The van der Waals surface area contributed by atoms with Gasteiger partial charge in [0.2, 0.25) is 5.91 Å². The standard InChI is InChI=1S/C27H28N4O4S2/c1-18-9-7-8-12-25(18)37(34,35)30-27(33)29-22(15-13-20-10-5-4-6-11-20)26(32)31(3)21-14-16-24-23(17-21)28-19(2)36-24/h4-12,14,16-17,22H,13,15H2,1-3H3,(H2,29,30,33)/t22-/m0/s1. The van der Waals surface area contributed by atoms with Crippen LogP contribution in [0.3, 0.4) is 0 Å². The first kappa shape index (κ1) is 26.3. The van der Waals surface area contributed by atoms with Gasteiger partial charge in [0.15, 0.2) is 0 Å². The molecule has 0 bridgehead atoms. The number of sulfonamides is 1. The molecule has 2 N–H and O–H groups in total. The van der Waals surface area contributed by atoms with Crippen LogP contribution in [0.5, 0.6) is 0 Å². The predicted molar refractivity (Wildman–Crippen MR) is 146 cm³/mol. The lowest BCUT2D eigenvalue weighted by Crippen LogP contribution is -2.51. The largest absolute Gasteiger partial charge is 0.329 e. The number of amides is 3. The zero-order valence-corrected chi connectivity index (χ0v) is 22.4. The highest BCUT2D eigenvalue weighted by Gasteiger charge is 2.27. The lowest BCUT2D eigenvalue weighted by Gasteiger charge is -2.25. The average Bonchev–Trinajstić information content (AvgIpc) is 3.25. The number of benzene rings is 3. The van der Waals surface area contributed by atoms with Gasteiger partial charge in [0.05, 0.1) is 20.1 Å². The summed E-state index contributed by atoms with van der Waals surface area (Å²) in [5.74, 6) is -0.370. The quantitative estimate of drug-likeness (QED) is 0.343. The van der Waals surface area contributed by atoms with Crippen molar-refractivity contribution in [2.75, 3.05) is 11.9 Å². The van der Waals surface area contributed by atoms with Crippen molar-refractivity contribution >= 4 is 49.2 Å². The molecule has 3 aromatic carbocycles. The SMILES string of the molecule is Cc1nc2cc(N(C)C(=O)[C@H](CCc3ccccc3)NC(=O)NS(=O)(=O)c3ccccc3C)ccc2s1. The summed E-state index contributed by atoms with van der Waals surface area (Å²) in [6.07, 6.45) is 0.795. The fourth-order valence-corrected chi connectivity index (χ4v) is 6.01. The highest BCUT2D eigenvalue weighted by Crippen LogP contribution is 2.26. The van der Waals surface area contributed by atoms with E-state index in [1.807, 2.05) is 60.2 Å². The van der Waals surface area contributed by atoms with Gasteiger partial charge in [-0.3, -0.25) is 4.79 Å². The number of anilines is 1. The molecule has 0 fully saturated rings. The zero-order valence-electron chi connectivity index (χ0n) is 20.8. The normalized spacial score (nSPS) is 12.2. The van der Waals surface area contributed by atoms with E-state index in [1.165, 1.54) is 11.0 Å². The van der Waals surface area contributed by atoms with Crippen LogP contribution in [-0.2, 0) is 21.2 Å². The van der Waals surface area contributed by atoms with Crippen LogP contribution >= 0.6 is 11.3 Å². The van der Waals surface area contributed by atoms with E-state index in [-0.39, 0.29) is 17.2 Å². The molecular weight excluding hydrogens is 508 g/mol. The maximum absolute atomic E-state index is 13.5. The van der Waals surface area contributed by atoms with Gasteiger partial charge in [-0.15, -0.1) is 11.3 Å². The van der Waals surface area contributed by atoms with Crippen LogP contribution in [0, 0.1) is 13.8 Å². The Kier molecular flexibility index (Phi) is 7.89. The molecule has 0 saturated heterocycles. The van der Waals surface area contributed by atoms with Crippen LogP contribution in [0.2, 0.25) is 0 Å². The van der Waals surface area contributed by atoms with Crippen molar-refractivity contribution in [3.63, 3.8) is 0 Å². The van der Waals surface area contributed by atoms with Gasteiger partial charge in [0, 0.05) is 12.7 Å². The molecule has 0 spiro atoms. The second kappa shape index (κ2) is 11.1. The summed E-state index contributed by atoms with van der Waals surface area (Å²) in [5, 5.41) is 3.52. The van der Waals surface area contributed by atoms with E-state index in [1.54, 1.807) is 43.5 Å². The van der Waals surface area contributed by atoms with E-state index >= 15 is 0 Å². The number of carbonyl (C=O) groups excluding carboxylic acids is 2. The Balaban J connectivity index is 1.54. The minimum Gasteiger partial charge on any atom is -0.325 e. The third-order valence-electron chi connectivity index (χ3n) is 5.97. The van der Waals surface area contributed by atoms with E-state index in [2.05, 4.69) is 10.3 Å². The molecule has 0 aliphatic rings. The molecule has 10 heteroatoms. The van der Waals surface area contributed by atoms with E-state index in [0.717, 1.165) is 20.8 Å². The number of thiazole rings is 1. The molecule has 1 heterocycles. The Morgan fingerprint density at radius 2 is 1.70 bits per heavy atom. The smallest absolute Gasteiger partial charge is 0.325 e. The molecule has 0 unspecified atom stereocenters. The Bertz CT molecular complexity index is 1530. The summed E-state index contributed by atoms with van der Waals surface area (Å²) in [7, 11) is -2.49. The van der Waals surface area contributed by atoms with E-state index < -0.39 is 22.1 Å². The molecule has 3 amide bonds. The van der Waals surface area contributed by atoms with E-state index in [9.17, 15) is 18.0 Å². The van der Waals surface area contributed by atoms with Crippen LogP contribution in [0.1, 0.15) is 22.6 Å². The molecule has 8 nitrogen and oxygen atoms in total. The zero-order chi connectivity index (χ0) is 26.6. The Morgan fingerprint density at radius 1 is 1.00 bits per heavy atom. The number of nitrogens with zero attached hydrogens (tertiary/aromatic N) is 2. The first-order valence-electron chi connectivity index (χ1n) is 11.7. The summed E-state index contributed by atoms with van der Waals surface area (Å²) < 4.78 is 28.7. The molecule has 192 valence electrons. The maximum Gasteiger partial charge on any atom is 0.329 e. The van der Waals surface area contributed by atoms with Gasteiger partial charge < -0.3 is 10.2 Å². The van der Waals surface area contributed by atoms with Crippen molar-refractivity contribution < 1.29 is 18.0 Å². The molecule has 1 aromatic heterocycles. The summed E-state index contributed by atoms with van der Waals surface area (Å²) >= 11 is 1.57. The van der Waals surface area contributed by atoms with Crippen LogP contribution < -0.4 is 14.9 Å². The summed E-state index contributed by atoms with van der Waals surface area (Å²) in [6, 6.07) is 19.6. The number of rotatable bonds is 8. The first-order chi connectivity index (χ1) is 17.6. The Labute approximate surface area is 220 Å². The lowest BCUT2D eigenvalue weighted by molar-refractivity contribution is -0.120. The van der Waals surface area contributed by atoms with Gasteiger partial charge in [-0.2, -0.15) is 0 Å². The van der Waals surface area contributed by atoms with Gasteiger partial charge in [-0.25, -0.2) is 22.9 Å². The van der Waals surface area contributed by atoms with Gasteiger partial charge >= 0.3 is 6.03 Å². The topological polar surface area (TPSA) is 108 Å². The average molecular weight is 537 g/mol. The van der Waals surface area contributed by atoms with Crippen LogP contribution in [0.4, 0.5) is 10.5 Å². The van der Waals surface area contributed by atoms with Crippen LogP contribution in [-0.4, -0.2) is 38.4 Å². The molecule has 0 aliphatic heterocycles. The van der Waals surface area contributed by atoms with Gasteiger partial charge in [0.1, 0.15) is 6.04 Å². The van der Waals surface area contributed by atoms with Gasteiger partial charge in [-0.1, -0.05) is 48.5 Å². The van der Waals surface area contributed by atoms with Crippen molar-refractivity contribution in [1.29, 1.82) is 0 Å². The predicted octanol–water partition coefficient (Wildman–Crippen LogP) is 4.57. The van der Waals surface area contributed by atoms with Crippen molar-refractivity contribution in [1.82, 2.24) is 15.0 Å². The molecule has 4 rings (SSSR count). The highest BCUT2D eigenvalue weighted by atomic mass is 32.2. The fourth-order valence-electron chi connectivity index (χ4n) is 4.04. The molecule has 1 atom stereocenters. The summed E-state index contributed by atoms with van der Waals surface area (Å²) in [4.78, 5) is 32.3. The van der Waals surface area contributed by atoms with Crippen molar-refractivity contribution in [3.8, 4) is 0 Å². The van der Waals surface area contributed by atoms with Crippen molar-refractivity contribution in [2.24, 2.45) is 0 Å². The maximum atomic E-state index is 13.5. The Morgan fingerprint density at radius 3 is 2.43 bits per heavy atom. The number of likely N-dealkylation sites (N-methyl/N-ethyl adjacent to an activating group) is 1. The fraction of sp³-hybridized carbons (Fsp3) is 0.222. The van der Waals surface area contributed by atoms with Gasteiger partial charge in [0.25, 0.3) is 10.0 Å². The molecule has 0 radical (unpaired) electrons. The minimum absolute atomic E-state index is 0.00119. The number of aromatic nitrogens is 1. The molecular formula is C27H28N4O4S2. The third-order valence-corrected chi connectivity index (χ3v) is 8.42. The molecule has 0 saturated carbocycles. The lowest BCUT2D eigenvalue weighted by atomic mass is 10.0. The number of aryl methyl sites for hydroxylation is 3. The number of hydrogen-bond donors (Lipinski definition) is 2. The third kappa shape index (κ3) is 6.33. The Hall–Kier alpha value is -3.76. The van der Waals surface area contributed by atoms with E-state index in [4.69, 9.17) is 0 Å². The van der Waals surface area contributed by atoms with Crippen LogP contribution in [0.25, 0.3) is 10.2 Å². The number of hydrogen-bond acceptors (Lipinski definition) is 6. The van der Waals surface area contributed by atoms with E-state index in [0.29, 0.717) is 17.7 Å². The monoisotopic (exact) mass is 536 g/mol. The number of urea groups is 1.